The largest absolute Gasteiger partial charge is 0.362 e. The number of carbonyl (C=O) groups is 1. The molecule has 5 heteroatoms. The third-order valence-corrected chi connectivity index (χ3v) is 3.80. The van der Waals surface area contributed by atoms with Gasteiger partial charge in [-0.05, 0) is 45.2 Å². The number of nitrogens with one attached hydrogen (secondary N) is 1. The van der Waals surface area contributed by atoms with Gasteiger partial charge in [0.1, 0.15) is 5.82 Å². The van der Waals surface area contributed by atoms with Gasteiger partial charge in [0.25, 0.3) is 0 Å². The first-order valence-corrected chi connectivity index (χ1v) is 7.48. The summed E-state index contributed by atoms with van der Waals surface area (Å²) in [6.45, 7) is 4.45. The number of carbonyl (C=O) groups excluding carboxylic acids is 1. The Labute approximate surface area is 132 Å². The molecular weight excluding hydrogens is 335 g/mol. The van der Waals surface area contributed by atoms with Crippen LogP contribution in [0.15, 0.2) is 28.7 Å². The molecule has 0 aliphatic rings. The minimum absolute atomic E-state index is 0.0368. The van der Waals surface area contributed by atoms with E-state index in [4.69, 9.17) is 0 Å². The average molecular weight is 353 g/mol. The van der Waals surface area contributed by atoms with E-state index < -0.39 is 0 Å². The number of H-pyrrole nitrogens is 1. The number of aromatic amines is 1. The molecule has 0 spiro atoms. The fraction of sp³-hybridized carbons (Fsp3) is 0.312. The van der Waals surface area contributed by atoms with Crippen molar-refractivity contribution in [1.82, 2.24) is 9.88 Å². The third-order valence-electron chi connectivity index (χ3n) is 3.31. The van der Waals surface area contributed by atoms with Crippen molar-refractivity contribution in [2.24, 2.45) is 0 Å². The standard InChI is InChI=1S/C16H18BrFN2O/c1-10-6-14(11(2)19-10)16(21)9-20(3)8-12-7-13(17)4-5-15(12)18/h4-7,19H,8-9H2,1-3H3. The second kappa shape index (κ2) is 6.54. The van der Waals surface area contributed by atoms with E-state index in [-0.39, 0.29) is 18.1 Å². The molecule has 0 saturated carbocycles. The number of rotatable bonds is 5. The molecule has 0 radical (unpaired) electrons. The van der Waals surface area contributed by atoms with Crippen molar-refractivity contribution in [2.45, 2.75) is 20.4 Å². The van der Waals surface area contributed by atoms with Crippen molar-refractivity contribution in [3.05, 3.63) is 57.1 Å². The molecule has 0 unspecified atom stereocenters. The smallest absolute Gasteiger partial charge is 0.178 e. The quantitative estimate of drug-likeness (QED) is 0.829. The fourth-order valence-electron chi connectivity index (χ4n) is 2.36. The van der Waals surface area contributed by atoms with Crippen LogP contribution in [0.3, 0.4) is 0 Å². The predicted molar refractivity (Wildman–Crippen MR) is 85.0 cm³/mol. The van der Waals surface area contributed by atoms with Gasteiger partial charge in [-0.3, -0.25) is 9.69 Å². The van der Waals surface area contributed by atoms with Gasteiger partial charge in [0.2, 0.25) is 0 Å². The summed E-state index contributed by atoms with van der Waals surface area (Å²) in [7, 11) is 1.81. The van der Waals surface area contributed by atoms with Crippen LogP contribution in [0.1, 0.15) is 27.3 Å². The molecule has 1 N–H and O–H groups in total. The molecule has 2 aromatic rings. The van der Waals surface area contributed by atoms with Crippen molar-refractivity contribution in [2.75, 3.05) is 13.6 Å². The van der Waals surface area contributed by atoms with Crippen molar-refractivity contribution in [3.63, 3.8) is 0 Å². The Morgan fingerprint density at radius 1 is 1.33 bits per heavy atom. The number of benzene rings is 1. The highest BCUT2D eigenvalue weighted by Gasteiger charge is 2.15. The van der Waals surface area contributed by atoms with Crippen LogP contribution in [-0.4, -0.2) is 29.3 Å². The minimum Gasteiger partial charge on any atom is -0.362 e. The van der Waals surface area contributed by atoms with Gasteiger partial charge >= 0.3 is 0 Å². The van der Waals surface area contributed by atoms with Gasteiger partial charge in [-0.15, -0.1) is 0 Å². The molecule has 0 bridgehead atoms. The molecule has 2 rings (SSSR count). The zero-order valence-corrected chi connectivity index (χ0v) is 13.9. The topological polar surface area (TPSA) is 36.1 Å². The molecule has 1 aromatic heterocycles. The van der Waals surface area contributed by atoms with Crippen molar-refractivity contribution in [1.29, 1.82) is 0 Å². The molecule has 21 heavy (non-hydrogen) atoms. The maximum Gasteiger partial charge on any atom is 0.178 e. The summed E-state index contributed by atoms with van der Waals surface area (Å²) in [5.74, 6) is -0.221. The van der Waals surface area contributed by atoms with Crippen LogP contribution in [0.4, 0.5) is 4.39 Å². The van der Waals surface area contributed by atoms with E-state index in [1.807, 2.05) is 31.9 Å². The molecule has 0 fully saturated rings. The number of hydrogen-bond donors (Lipinski definition) is 1. The fourth-order valence-corrected chi connectivity index (χ4v) is 2.76. The van der Waals surface area contributed by atoms with Gasteiger partial charge in [-0.2, -0.15) is 0 Å². The second-order valence-corrected chi connectivity index (χ2v) is 6.24. The number of aryl methyl sites for hydroxylation is 2. The summed E-state index contributed by atoms with van der Waals surface area (Å²) >= 11 is 3.33. The van der Waals surface area contributed by atoms with E-state index in [0.29, 0.717) is 17.7 Å². The molecule has 1 aromatic carbocycles. The monoisotopic (exact) mass is 352 g/mol. The van der Waals surface area contributed by atoms with Crippen LogP contribution in [0.2, 0.25) is 0 Å². The second-order valence-electron chi connectivity index (χ2n) is 5.32. The zero-order chi connectivity index (χ0) is 15.6. The summed E-state index contributed by atoms with van der Waals surface area (Å²) < 4.78 is 14.5. The SMILES string of the molecule is Cc1cc(C(=O)CN(C)Cc2cc(Br)ccc2F)c(C)[nH]1. The Hall–Kier alpha value is -1.46. The Bertz CT molecular complexity index is 666. The van der Waals surface area contributed by atoms with Crippen LogP contribution in [0, 0.1) is 19.7 Å². The van der Waals surface area contributed by atoms with Gasteiger partial charge in [0.15, 0.2) is 5.78 Å². The summed E-state index contributed by atoms with van der Waals surface area (Å²) in [5.41, 5.74) is 3.12. The maximum absolute atomic E-state index is 13.7. The lowest BCUT2D eigenvalue weighted by atomic mass is 10.1. The summed E-state index contributed by atoms with van der Waals surface area (Å²) in [6, 6.07) is 6.68. The third kappa shape index (κ3) is 4.02. The normalized spacial score (nSPS) is 11.1. The van der Waals surface area contributed by atoms with E-state index in [9.17, 15) is 9.18 Å². The number of hydrogen-bond acceptors (Lipinski definition) is 2. The lowest BCUT2D eigenvalue weighted by molar-refractivity contribution is 0.0942. The summed E-state index contributed by atoms with van der Waals surface area (Å²) in [5, 5.41) is 0. The number of likely N-dealkylation sites (N-methyl/N-ethyl adjacent to an activating group) is 1. The highest BCUT2D eigenvalue weighted by atomic mass is 79.9. The number of aromatic nitrogens is 1. The van der Waals surface area contributed by atoms with Crippen molar-refractivity contribution in [3.8, 4) is 0 Å². The van der Waals surface area contributed by atoms with E-state index in [1.165, 1.54) is 6.07 Å². The van der Waals surface area contributed by atoms with Gasteiger partial charge in [0.05, 0.1) is 6.54 Å². The van der Waals surface area contributed by atoms with Crippen LogP contribution in [-0.2, 0) is 6.54 Å². The lowest BCUT2D eigenvalue weighted by Crippen LogP contribution is -2.26. The number of halogens is 2. The minimum atomic E-state index is -0.258. The molecule has 0 amide bonds. The molecular formula is C16H18BrFN2O. The maximum atomic E-state index is 13.7. The van der Waals surface area contributed by atoms with Gasteiger partial charge in [-0.25, -0.2) is 4.39 Å². The Kier molecular flexibility index (Phi) is 4.96. The van der Waals surface area contributed by atoms with E-state index in [0.717, 1.165) is 15.9 Å². The number of ketones is 1. The van der Waals surface area contributed by atoms with Crippen molar-refractivity contribution >= 4 is 21.7 Å². The van der Waals surface area contributed by atoms with Gasteiger partial charge < -0.3 is 4.98 Å². The average Bonchev–Trinajstić information content (AvgIpc) is 2.73. The molecule has 3 nitrogen and oxygen atoms in total. The van der Waals surface area contributed by atoms with Crippen LogP contribution < -0.4 is 0 Å². The number of nitrogens with zero attached hydrogens (tertiary/aromatic N) is 1. The van der Waals surface area contributed by atoms with Gasteiger partial charge in [0, 0.05) is 33.5 Å². The summed E-state index contributed by atoms with van der Waals surface area (Å²) in [6.07, 6.45) is 0. The van der Waals surface area contributed by atoms with Crippen LogP contribution in [0.5, 0.6) is 0 Å². The van der Waals surface area contributed by atoms with Crippen molar-refractivity contribution < 1.29 is 9.18 Å². The zero-order valence-electron chi connectivity index (χ0n) is 12.3. The highest BCUT2D eigenvalue weighted by Crippen LogP contribution is 2.17. The predicted octanol–water partition coefficient (Wildman–Crippen LogP) is 3.85. The Balaban J connectivity index is 2.04. The molecule has 0 aliphatic carbocycles. The molecule has 0 saturated heterocycles. The van der Waals surface area contributed by atoms with E-state index in [1.54, 1.807) is 12.1 Å². The Morgan fingerprint density at radius 3 is 2.67 bits per heavy atom. The Morgan fingerprint density at radius 2 is 2.05 bits per heavy atom. The number of Topliss-reactive ketones (excluding diaryl/α,β-unsaturated/α-hetero) is 1. The van der Waals surface area contributed by atoms with E-state index in [2.05, 4.69) is 20.9 Å². The van der Waals surface area contributed by atoms with Crippen LogP contribution in [0.25, 0.3) is 0 Å². The first-order valence-electron chi connectivity index (χ1n) is 6.68. The molecule has 0 atom stereocenters. The van der Waals surface area contributed by atoms with Gasteiger partial charge in [-0.1, -0.05) is 15.9 Å². The first kappa shape index (κ1) is 15.9. The molecule has 1 heterocycles. The van der Waals surface area contributed by atoms with Crippen LogP contribution >= 0.6 is 15.9 Å². The highest BCUT2D eigenvalue weighted by molar-refractivity contribution is 9.10. The molecule has 0 aliphatic heterocycles. The van der Waals surface area contributed by atoms with E-state index >= 15 is 0 Å². The lowest BCUT2D eigenvalue weighted by Gasteiger charge is -2.16. The molecule has 112 valence electrons. The summed E-state index contributed by atoms with van der Waals surface area (Å²) in [4.78, 5) is 17.2. The first-order chi connectivity index (χ1) is 9.86.